The van der Waals surface area contributed by atoms with Crippen molar-refractivity contribution >= 4 is 17.5 Å². The van der Waals surface area contributed by atoms with Gasteiger partial charge in [0.1, 0.15) is 12.6 Å². The number of hydrogen-bond acceptors (Lipinski definition) is 3. The van der Waals surface area contributed by atoms with Gasteiger partial charge in [0.05, 0.1) is 0 Å². The summed E-state index contributed by atoms with van der Waals surface area (Å²) in [6, 6.07) is 9.42. The summed E-state index contributed by atoms with van der Waals surface area (Å²) in [5.74, 6) is -0.215. The van der Waals surface area contributed by atoms with E-state index in [2.05, 4.69) is 0 Å². The fourth-order valence-corrected chi connectivity index (χ4v) is 2.50. The first-order valence-corrected chi connectivity index (χ1v) is 7.31. The molecule has 1 aromatic carbocycles. The highest BCUT2D eigenvalue weighted by molar-refractivity contribution is 5.98. The van der Waals surface area contributed by atoms with Gasteiger partial charge in [-0.05, 0) is 24.5 Å². The number of carbonyl (C=O) groups excluding carboxylic acids is 2. The molecule has 1 atom stereocenters. The van der Waals surface area contributed by atoms with Crippen molar-refractivity contribution in [3.63, 3.8) is 0 Å². The molecule has 0 aliphatic carbocycles. The minimum Gasteiger partial charge on any atom is -0.383 e. The Hall–Kier alpha value is -1.88. The van der Waals surface area contributed by atoms with Crippen LogP contribution in [-0.4, -0.2) is 47.6 Å². The van der Waals surface area contributed by atoms with Crippen LogP contribution in [-0.2, 0) is 9.59 Å². The van der Waals surface area contributed by atoms with Gasteiger partial charge in [-0.3, -0.25) is 9.59 Å². The Bertz CT molecular complexity index is 502. The van der Waals surface area contributed by atoms with E-state index in [1.807, 2.05) is 44.2 Å². The molecule has 1 aliphatic rings. The summed E-state index contributed by atoms with van der Waals surface area (Å²) in [6.45, 7) is 4.85. The quantitative estimate of drug-likeness (QED) is 0.908. The standard InChI is InChI=1S/C16H22N2O3/c1-12(2)10-14(19)16(21)17-8-9-18(15(20)11-17)13-6-4-3-5-7-13/h3-7,12,14,19H,8-11H2,1-2H3/t14-/m0/s1. The summed E-state index contributed by atoms with van der Waals surface area (Å²) in [7, 11) is 0. The van der Waals surface area contributed by atoms with Crippen molar-refractivity contribution in [2.45, 2.75) is 26.4 Å². The molecule has 1 fully saturated rings. The Morgan fingerprint density at radius 1 is 1.24 bits per heavy atom. The van der Waals surface area contributed by atoms with E-state index in [9.17, 15) is 14.7 Å². The molecule has 5 nitrogen and oxygen atoms in total. The van der Waals surface area contributed by atoms with Crippen LogP contribution < -0.4 is 4.90 Å². The lowest BCUT2D eigenvalue weighted by Gasteiger charge is -2.35. The van der Waals surface area contributed by atoms with Gasteiger partial charge in [0.15, 0.2) is 0 Å². The second-order valence-corrected chi connectivity index (χ2v) is 5.79. The van der Waals surface area contributed by atoms with Crippen LogP contribution in [0.15, 0.2) is 30.3 Å². The fourth-order valence-electron chi connectivity index (χ4n) is 2.50. The zero-order chi connectivity index (χ0) is 15.4. The zero-order valence-corrected chi connectivity index (χ0v) is 12.5. The van der Waals surface area contributed by atoms with Gasteiger partial charge in [-0.15, -0.1) is 0 Å². The lowest BCUT2D eigenvalue weighted by atomic mass is 10.0. The number of carbonyl (C=O) groups is 2. The van der Waals surface area contributed by atoms with Crippen molar-refractivity contribution in [3.8, 4) is 0 Å². The lowest BCUT2D eigenvalue weighted by Crippen LogP contribution is -2.54. The van der Waals surface area contributed by atoms with Gasteiger partial charge in [0, 0.05) is 18.8 Å². The van der Waals surface area contributed by atoms with Crippen LogP contribution in [0.4, 0.5) is 5.69 Å². The van der Waals surface area contributed by atoms with Crippen molar-refractivity contribution in [3.05, 3.63) is 30.3 Å². The molecular formula is C16H22N2O3. The molecule has 1 heterocycles. The molecule has 1 saturated heterocycles. The summed E-state index contributed by atoms with van der Waals surface area (Å²) < 4.78 is 0. The minimum atomic E-state index is -1.01. The third kappa shape index (κ3) is 3.82. The molecule has 1 aromatic rings. The highest BCUT2D eigenvalue weighted by atomic mass is 16.3. The average molecular weight is 290 g/mol. The van der Waals surface area contributed by atoms with Crippen molar-refractivity contribution in [2.24, 2.45) is 5.92 Å². The van der Waals surface area contributed by atoms with Crippen LogP contribution in [0.2, 0.25) is 0 Å². The Morgan fingerprint density at radius 2 is 1.90 bits per heavy atom. The van der Waals surface area contributed by atoms with Gasteiger partial charge in [-0.25, -0.2) is 0 Å². The maximum absolute atomic E-state index is 12.2. The van der Waals surface area contributed by atoms with Gasteiger partial charge in [0.25, 0.3) is 5.91 Å². The van der Waals surface area contributed by atoms with E-state index in [1.165, 1.54) is 4.90 Å². The maximum Gasteiger partial charge on any atom is 0.251 e. The van der Waals surface area contributed by atoms with Crippen molar-refractivity contribution in [2.75, 3.05) is 24.5 Å². The Kier molecular flexibility index (Phi) is 4.96. The molecule has 2 rings (SSSR count). The van der Waals surface area contributed by atoms with Gasteiger partial charge >= 0.3 is 0 Å². The molecule has 0 unspecified atom stereocenters. The number of anilines is 1. The normalized spacial score (nSPS) is 17.2. The number of amides is 2. The van der Waals surface area contributed by atoms with Crippen LogP contribution in [0.5, 0.6) is 0 Å². The molecule has 0 aromatic heterocycles. The molecule has 21 heavy (non-hydrogen) atoms. The average Bonchev–Trinajstić information content (AvgIpc) is 2.46. The van der Waals surface area contributed by atoms with E-state index in [0.717, 1.165) is 5.69 Å². The van der Waals surface area contributed by atoms with Crippen molar-refractivity contribution < 1.29 is 14.7 Å². The highest BCUT2D eigenvalue weighted by Crippen LogP contribution is 2.17. The van der Waals surface area contributed by atoms with Crippen LogP contribution in [0.1, 0.15) is 20.3 Å². The van der Waals surface area contributed by atoms with Crippen LogP contribution in [0.25, 0.3) is 0 Å². The molecular weight excluding hydrogens is 268 g/mol. The van der Waals surface area contributed by atoms with Gasteiger partial charge < -0.3 is 14.9 Å². The lowest BCUT2D eigenvalue weighted by molar-refractivity contribution is -0.144. The summed E-state index contributed by atoms with van der Waals surface area (Å²) >= 11 is 0. The molecule has 114 valence electrons. The van der Waals surface area contributed by atoms with E-state index < -0.39 is 6.10 Å². The summed E-state index contributed by atoms with van der Waals surface area (Å²) in [6.07, 6.45) is -0.590. The van der Waals surface area contributed by atoms with Gasteiger partial charge in [-0.1, -0.05) is 32.0 Å². The van der Waals surface area contributed by atoms with Crippen molar-refractivity contribution in [1.82, 2.24) is 4.90 Å². The molecule has 0 radical (unpaired) electrons. The van der Waals surface area contributed by atoms with Crippen LogP contribution >= 0.6 is 0 Å². The molecule has 0 saturated carbocycles. The number of piperazine rings is 1. The third-order valence-corrected chi connectivity index (χ3v) is 3.58. The van der Waals surface area contributed by atoms with Crippen LogP contribution in [0.3, 0.4) is 0 Å². The first-order valence-electron chi connectivity index (χ1n) is 7.31. The topological polar surface area (TPSA) is 60.9 Å². The summed E-state index contributed by atoms with van der Waals surface area (Å²) in [5.41, 5.74) is 0.845. The highest BCUT2D eigenvalue weighted by Gasteiger charge is 2.31. The number of benzene rings is 1. The Balaban J connectivity index is 1.98. The minimum absolute atomic E-state index is 0.0306. The predicted octanol–water partition coefficient (Wildman–Crippen LogP) is 1.27. The summed E-state index contributed by atoms with van der Waals surface area (Å²) in [5, 5.41) is 9.89. The third-order valence-electron chi connectivity index (χ3n) is 3.58. The fraction of sp³-hybridized carbons (Fsp3) is 0.500. The SMILES string of the molecule is CC(C)C[C@H](O)C(=O)N1CCN(c2ccccc2)C(=O)C1. The van der Waals surface area contributed by atoms with Gasteiger partial charge in [-0.2, -0.15) is 0 Å². The first-order chi connectivity index (χ1) is 9.99. The predicted molar refractivity (Wildman–Crippen MR) is 80.8 cm³/mol. The van der Waals surface area contributed by atoms with Crippen LogP contribution in [0, 0.1) is 5.92 Å². The van der Waals surface area contributed by atoms with E-state index >= 15 is 0 Å². The second kappa shape index (κ2) is 6.72. The number of aliphatic hydroxyl groups is 1. The van der Waals surface area contributed by atoms with E-state index in [-0.39, 0.29) is 24.3 Å². The Morgan fingerprint density at radius 3 is 2.48 bits per heavy atom. The smallest absolute Gasteiger partial charge is 0.251 e. The van der Waals surface area contributed by atoms with E-state index in [0.29, 0.717) is 19.5 Å². The number of hydrogen-bond donors (Lipinski definition) is 1. The zero-order valence-electron chi connectivity index (χ0n) is 12.5. The number of nitrogens with zero attached hydrogens (tertiary/aromatic N) is 2. The molecule has 0 bridgehead atoms. The second-order valence-electron chi connectivity index (χ2n) is 5.79. The first kappa shape index (κ1) is 15.5. The van der Waals surface area contributed by atoms with E-state index in [4.69, 9.17) is 0 Å². The van der Waals surface area contributed by atoms with E-state index in [1.54, 1.807) is 4.90 Å². The molecule has 5 heteroatoms. The molecule has 1 aliphatic heterocycles. The largest absolute Gasteiger partial charge is 0.383 e. The molecule has 0 spiro atoms. The molecule has 1 N–H and O–H groups in total. The number of rotatable bonds is 4. The molecule has 2 amide bonds. The van der Waals surface area contributed by atoms with Crippen molar-refractivity contribution in [1.29, 1.82) is 0 Å². The number of para-hydroxylation sites is 1. The summed E-state index contributed by atoms with van der Waals surface area (Å²) in [4.78, 5) is 27.5. The maximum atomic E-state index is 12.2. The number of aliphatic hydroxyl groups excluding tert-OH is 1. The monoisotopic (exact) mass is 290 g/mol. The Labute approximate surface area is 125 Å². The van der Waals surface area contributed by atoms with Gasteiger partial charge in [0.2, 0.25) is 5.91 Å².